The summed E-state index contributed by atoms with van der Waals surface area (Å²) >= 11 is 0. The summed E-state index contributed by atoms with van der Waals surface area (Å²) < 4.78 is 5.65. The van der Waals surface area contributed by atoms with Crippen LogP contribution in [0, 0.1) is 11.3 Å². The molecule has 2 aromatic carbocycles. The predicted octanol–water partition coefficient (Wildman–Crippen LogP) is 2.64. The van der Waals surface area contributed by atoms with Crippen LogP contribution in [0.4, 0.5) is 0 Å². The van der Waals surface area contributed by atoms with Gasteiger partial charge in [-0.3, -0.25) is 0 Å². The third kappa shape index (κ3) is 2.86. The highest BCUT2D eigenvalue weighted by atomic mass is 16.5. The molecule has 0 aliphatic carbocycles. The molecule has 0 aromatic heterocycles. The molecule has 2 rings (SSSR count). The van der Waals surface area contributed by atoms with E-state index >= 15 is 0 Å². The molecule has 0 aliphatic rings. The van der Waals surface area contributed by atoms with Gasteiger partial charge in [-0.05, 0) is 42.0 Å². The molecule has 0 heterocycles. The number of benzene rings is 2. The van der Waals surface area contributed by atoms with Crippen molar-refractivity contribution in [1.82, 2.24) is 0 Å². The minimum absolute atomic E-state index is 0.603. The van der Waals surface area contributed by atoms with Gasteiger partial charge in [0.1, 0.15) is 11.5 Å². The number of nitrogens with zero attached hydrogens (tertiary/aromatic N) is 2. The van der Waals surface area contributed by atoms with E-state index in [1.807, 2.05) is 24.3 Å². The van der Waals surface area contributed by atoms with Crippen molar-refractivity contribution in [2.45, 2.75) is 0 Å². The van der Waals surface area contributed by atoms with Crippen molar-refractivity contribution in [3.05, 3.63) is 59.7 Å². The second kappa shape index (κ2) is 5.51. The van der Waals surface area contributed by atoms with E-state index in [9.17, 15) is 0 Å². The number of rotatable bonds is 3. The molecule has 2 N–H and O–H groups in total. The zero-order valence-corrected chi connectivity index (χ0v) is 9.58. The van der Waals surface area contributed by atoms with Gasteiger partial charge in [-0.2, -0.15) is 10.4 Å². The molecular weight excluding hydrogens is 226 g/mol. The standard InChI is InChI=1S/C14H11N3O/c15-9-11-4-6-13(7-5-11)18-14-3-1-2-12(8-14)10-17-16/h1-8,10H,16H2. The summed E-state index contributed by atoms with van der Waals surface area (Å²) in [5.74, 6) is 6.46. The molecule has 4 nitrogen and oxygen atoms in total. The van der Waals surface area contributed by atoms with E-state index in [4.69, 9.17) is 15.8 Å². The van der Waals surface area contributed by atoms with E-state index < -0.39 is 0 Å². The van der Waals surface area contributed by atoms with Gasteiger partial charge in [0, 0.05) is 0 Å². The SMILES string of the molecule is N#Cc1ccc(Oc2cccc(C=NN)c2)cc1. The van der Waals surface area contributed by atoms with Gasteiger partial charge in [0.2, 0.25) is 0 Å². The summed E-state index contributed by atoms with van der Waals surface area (Å²) in [5.41, 5.74) is 1.47. The first-order chi connectivity index (χ1) is 8.81. The van der Waals surface area contributed by atoms with Crippen LogP contribution in [-0.4, -0.2) is 6.21 Å². The molecule has 0 radical (unpaired) electrons. The Morgan fingerprint density at radius 2 is 1.89 bits per heavy atom. The maximum Gasteiger partial charge on any atom is 0.128 e. The first kappa shape index (κ1) is 11.7. The molecule has 2 aromatic rings. The fourth-order valence-corrected chi connectivity index (χ4v) is 1.48. The monoisotopic (exact) mass is 237 g/mol. The van der Waals surface area contributed by atoms with E-state index in [1.54, 1.807) is 30.5 Å². The van der Waals surface area contributed by atoms with Crippen LogP contribution >= 0.6 is 0 Å². The molecule has 0 aliphatic heterocycles. The molecule has 0 saturated carbocycles. The minimum Gasteiger partial charge on any atom is -0.457 e. The van der Waals surface area contributed by atoms with Crippen molar-refractivity contribution in [2.75, 3.05) is 0 Å². The van der Waals surface area contributed by atoms with Gasteiger partial charge in [-0.25, -0.2) is 0 Å². The van der Waals surface area contributed by atoms with Crippen molar-refractivity contribution in [1.29, 1.82) is 5.26 Å². The summed E-state index contributed by atoms with van der Waals surface area (Å²) in [6.07, 6.45) is 1.55. The highest BCUT2D eigenvalue weighted by molar-refractivity contribution is 5.79. The Labute approximate surface area is 105 Å². The summed E-state index contributed by atoms with van der Waals surface area (Å²) in [6, 6.07) is 16.4. The van der Waals surface area contributed by atoms with Crippen LogP contribution in [0.25, 0.3) is 0 Å². The molecule has 0 unspecified atom stereocenters. The highest BCUT2D eigenvalue weighted by Gasteiger charge is 1.98. The van der Waals surface area contributed by atoms with E-state index in [2.05, 4.69) is 11.2 Å². The van der Waals surface area contributed by atoms with Gasteiger partial charge < -0.3 is 10.6 Å². The van der Waals surface area contributed by atoms with Gasteiger partial charge in [0.25, 0.3) is 0 Å². The average molecular weight is 237 g/mol. The summed E-state index contributed by atoms with van der Waals surface area (Å²) in [4.78, 5) is 0. The van der Waals surface area contributed by atoms with Crippen molar-refractivity contribution < 1.29 is 4.74 Å². The Hall–Kier alpha value is -2.80. The largest absolute Gasteiger partial charge is 0.457 e. The quantitative estimate of drug-likeness (QED) is 0.506. The lowest BCUT2D eigenvalue weighted by Crippen LogP contribution is -1.89. The van der Waals surface area contributed by atoms with Gasteiger partial charge >= 0.3 is 0 Å². The first-order valence-corrected chi connectivity index (χ1v) is 5.33. The van der Waals surface area contributed by atoms with E-state index in [0.29, 0.717) is 17.1 Å². The molecular formula is C14H11N3O. The molecule has 0 bridgehead atoms. The number of hydrogen-bond donors (Lipinski definition) is 1. The Bertz CT molecular complexity index is 597. The Morgan fingerprint density at radius 1 is 1.11 bits per heavy atom. The van der Waals surface area contributed by atoms with Crippen molar-refractivity contribution in [2.24, 2.45) is 10.9 Å². The molecule has 4 heteroatoms. The van der Waals surface area contributed by atoms with Crippen LogP contribution in [0.2, 0.25) is 0 Å². The van der Waals surface area contributed by atoms with Crippen LogP contribution in [0.1, 0.15) is 11.1 Å². The normalized spacial score (nSPS) is 10.2. The van der Waals surface area contributed by atoms with Crippen molar-refractivity contribution in [3.63, 3.8) is 0 Å². The first-order valence-electron chi connectivity index (χ1n) is 5.33. The number of ether oxygens (including phenoxy) is 1. The summed E-state index contributed by atoms with van der Waals surface area (Å²) in [5, 5.41) is 12.2. The highest BCUT2D eigenvalue weighted by Crippen LogP contribution is 2.22. The van der Waals surface area contributed by atoms with Crippen LogP contribution in [0.3, 0.4) is 0 Å². The van der Waals surface area contributed by atoms with Gasteiger partial charge in [0.15, 0.2) is 0 Å². The zero-order valence-electron chi connectivity index (χ0n) is 9.58. The number of hydrazone groups is 1. The Kier molecular flexibility index (Phi) is 3.57. The fourth-order valence-electron chi connectivity index (χ4n) is 1.48. The molecule has 18 heavy (non-hydrogen) atoms. The second-order valence-electron chi connectivity index (χ2n) is 3.59. The summed E-state index contributed by atoms with van der Waals surface area (Å²) in [7, 11) is 0. The van der Waals surface area contributed by atoms with Gasteiger partial charge in [0.05, 0.1) is 17.8 Å². The molecule has 0 spiro atoms. The second-order valence-corrected chi connectivity index (χ2v) is 3.59. The van der Waals surface area contributed by atoms with E-state index in [0.717, 1.165) is 5.56 Å². The molecule has 88 valence electrons. The topological polar surface area (TPSA) is 71.4 Å². The fraction of sp³-hybridized carbons (Fsp3) is 0. The van der Waals surface area contributed by atoms with Gasteiger partial charge in [-0.15, -0.1) is 0 Å². The molecule has 0 amide bonds. The van der Waals surface area contributed by atoms with Crippen LogP contribution in [0.15, 0.2) is 53.6 Å². The molecule has 0 atom stereocenters. The lowest BCUT2D eigenvalue weighted by atomic mass is 10.2. The minimum atomic E-state index is 0.603. The van der Waals surface area contributed by atoms with Crippen molar-refractivity contribution in [3.8, 4) is 17.6 Å². The lowest BCUT2D eigenvalue weighted by Gasteiger charge is -2.05. The lowest BCUT2D eigenvalue weighted by molar-refractivity contribution is 0.482. The number of nitriles is 1. The zero-order chi connectivity index (χ0) is 12.8. The average Bonchev–Trinajstić information content (AvgIpc) is 2.40. The smallest absolute Gasteiger partial charge is 0.128 e. The third-order valence-corrected chi connectivity index (χ3v) is 2.30. The van der Waals surface area contributed by atoms with Crippen LogP contribution in [-0.2, 0) is 0 Å². The summed E-state index contributed by atoms with van der Waals surface area (Å²) in [6.45, 7) is 0. The molecule has 0 saturated heterocycles. The Morgan fingerprint density at radius 3 is 2.56 bits per heavy atom. The van der Waals surface area contributed by atoms with Crippen LogP contribution < -0.4 is 10.6 Å². The van der Waals surface area contributed by atoms with Crippen LogP contribution in [0.5, 0.6) is 11.5 Å². The van der Waals surface area contributed by atoms with Gasteiger partial charge in [-0.1, -0.05) is 12.1 Å². The predicted molar refractivity (Wildman–Crippen MR) is 69.5 cm³/mol. The van der Waals surface area contributed by atoms with E-state index in [-0.39, 0.29) is 0 Å². The third-order valence-electron chi connectivity index (χ3n) is 2.30. The maximum absolute atomic E-state index is 8.70. The number of nitrogens with two attached hydrogens (primary N) is 1. The van der Waals surface area contributed by atoms with E-state index in [1.165, 1.54) is 0 Å². The molecule has 0 fully saturated rings. The number of hydrogen-bond acceptors (Lipinski definition) is 4. The van der Waals surface area contributed by atoms with Crippen molar-refractivity contribution >= 4 is 6.21 Å². The maximum atomic E-state index is 8.70. The Balaban J connectivity index is 2.17.